The van der Waals surface area contributed by atoms with Crippen LogP contribution in [0.25, 0.3) is 0 Å². The molecular formula is C16H32O2. The Hall–Kier alpha value is -0.0800. The maximum absolute atomic E-state index is 9.86. The third-order valence-electron chi connectivity index (χ3n) is 4.95. The first kappa shape index (κ1) is 16.0. The van der Waals surface area contributed by atoms with Gasteiger partial charge in [-0.2, -0.15) is 0 Å². The smallest absolute Gasteiger partial charge is 0.0773 e. The first-order chi connectivity index (χ1) is 8.21. The zero-order chi connectivity index (χ0) is 14.0. The third-order valence-corrected chi connectivity index (χ3v) is 4.95. The maximum Gasteiger partial charge on any atom is 0.0773 e. The zero-order valence-electron chi connectivity index (χ0n) is 13.1. The van der Waals surface area contributed by atoms with E-state index < -0.39 is 0 Å². The zero-order valence-corrected chi connectivity index (χ0v) is 13.1. The first-order valence-electron chi connectivity index (χ1n) is 7.51. The molecule has 2 heteroatoms. The average molecular weight is 256 g/mol. The summed E-state index contributed by atoms with van der Waals surface area (Å²) in [4.78, 5) is 0. The number of hydrogen-bond acceptors (Lipinski definition) is 2. The van der Waals surface area contributed by atoms with Crippen LogP contribution in [-0.4, -0.2) is 23.9 Å². The summed E-state index contributed by atoms with van der Waals surface area (Å²) < 4.78 is 6.15. The molecule has 0 bridgehead atoms. The molecule has 0 aliphatic heterocycles. The van der Waals surface area contributed by atoms with Crippen LogP contribution in [0, 0.1) is 16.7 Å². The van der Waals surface area contributed by atoms with Gasteiger partial charge in [-0.15, -0.1) is 0 Å². The molecule has 18 heavy (non-hydrogen) atoms. The second kappa shape index (κ2) is 5.92. The van der Waals surface area contributed by atoms with E-state index in [0.717, 1.165) is 12.8 Å². The minimum atomic E-state index is -0.307. The quantitative estimate of drug-likeness (QED) is 0.805. The van der Waals surface area contributed by atoms with Crippen molar-refractivity contribution in [3.05, 3.63) is 0 Å². The molecule has 1 N–H and O–H groups in total. The fourth-order valence-corrected chi connectivity index (χ4v) is 3.42. The summed E-state index contributed by atoms with van der Waals surface area (Å²) in [6, 6.07) is 0. The molecule has 0 aromatic carbocycles. The highest BCUT2D eigenvalue weighted by molar-refractivity contribution is 4.97. The van der Waals surface area contributed by atoms with E-state index >= 15 is 0 Å². The monoisotopic (exact) mass is 256 g/mol. The van der Waals surface area contributed by atoms with Crippen LogP contribution in [0.4, 0.5) is 0 Å². The standard InChI is InChI=1S/C16H32O2/c1-7-8-13(17)11-18-14-15(3,4)10-9-12(2)16(14,5)6/h12-14,17H,7-11H2,1-6H3/t12-,13?,14?/m1/s1. The van der Waals surface area contributed by atoms with Crippen LogP contribution in [0.15, 0.2) is 0 Å². The average Bonchev–Trinajstić information content (AvgIpc) is 2.24. The molecular weight excluding hydrogens is 224 g/mol. The van der Waals surface area contributed by atoms with Crippen molar-refractivity contribution in [3.63, 3.8) is 0 Å². The van der Waals surface area contributed by atoms with E-state index in [1.165, 1.54) is 12.8 Å². The van der Waals surface area contributed by atoms with E-state index in [-0.39, 0.29) is 23.0 Å². The topological polar surface area (TPSA) is 29.5 Å². The molecule has 1 aliphatic carbocycles. The summed E-state index contributed by atoms with van der Waals surface area (Å²) in [5.74, 6) is 0.679. The van der Waals surface area contributed by atoms with Crippen LogP contribution >= 0.6 is 0 Å². The molecule has 2 unspecified atom stereocenters. The van der Waals surface area contributed by atoms with Crippen LogP contribution in [-0.2, 0) is 4.74 Å². The Morgan fingerprint density at radius 3 is 2.44 bits per heavy atom. The predicted molar refractivity (Wildman–Crippen MR) is 76.6 cm³/mol. The molecule has 0 aromatic rings. The largest absolute Gasteiger partial charge is 0.391 e. The van der Waals surface area contributed by atoms with Crippen molar-refractivity contribution in [2.24, 2.45) is 16.7 Å². The lowest BCUT2D eigenvalue weighted by atomic mass is 9.58. The highest BCUT2D eigenvalue weighted by Gasteiger charge is 2.48. The Morgan fingerprint density at radius 1 is 1.28 bits per heavy atom. The van der Waals surface area contributed by atoms with Crippen LogP contribution in [0.1, 0.15) is 67.2 Å². The van der Waals surface area contributed by atoms with E-state index in [9.17, 15) is 5.11 Å². The Bertz CT molecular complexity index is 258. The third kappa shape index (κ3) is 3.48. The van der Waals surface area contributed by atoms with Gasteiger partial charge >= 0.3 is 0 Å². The summed E-state index contributed by atoms with van der Waals surface area (Å²) >= 11 is 0. The van der Waals surface area contributed by atoms with Gasteiger partial charge in [0.15, 0.2) is 0 Å². The van der Waals surface area contributed by atoms with Gasteiger partial charge in [0.2, 0.25) is 0 Å². The lowest BCUT2D eigenvalue weighted by Crippen LogP contribution is -2.51. The van der Waals surface area contributed by atoms with Crippen molar-refractivity contribution in [1.82, 2.24) is 0 Å². The molecule has 2 nitrogen and oxygen atoms in total. The minimum absolute atomic E-state index is 0.188. The van der Waals surface area contributed by atoms with Gasteiger partial charge in [0.1, 0.15) is 0 Å². The molecule has 0 amide bonds. The van der Waals surface area contributed by atoms with E-state index in [2.05, 4.69) is 41.5 Å². The van der Waals surface area contributed by atoms with Crippen LogP contribution < -0.4 is 0 Å². The summed E-state index contributed by atoms with van der Waals surface area (Å²) in [6.45, 7) is 14.1. The number of rotatable bonds is 5. The molecule has 0 heterocycles. The normalized spacial score (nSPS) is 32.2. The summed E-state index contributed by atoms with van der Waals surface area (Å²) in [7, 11) is 0. The van der Waals surface area contributed by atoms with Gasteiger partial charge in [-0.05, 0) is 36.0 Å². The number of ether oxygens (including phenoxy) is 1. The maximum atomic E-state index is 9.86. The molecule has 0 spiro atoms. The predicted octanol–water partition coefficient (Wildman–Crippen LogP) is 4.01. The molecule has 0 aromatic heterocycles. The second-order valence-corrected chi connectivity index (χ2v) is 7.41. The van der Waals surface area contributed by atoms with Gasteiger partial charge in [-0.1, -0.05) is 48.0 Å². The van der Waals surface area contributed by atoms with E-state index in [0.29, 0.717) is 12.5 Å². The summed E-state index contributed by atoms with van der Waals surface area (Å²) in [5.41, 5.74) is 0.398. The molecule has 0 radical (unpaired) electrons. The van der Waals surface area contributed by atoms with Crippen LogP contribution in [0.3, 0.4) is 0 Å². The molecule has 3 atom stereocenters. The van der Waals surface area contributed by atoms with Crippen molar-refractivity contribution in [2.75, 3.05) is 6.61 Å². The lowest BCUT2D eigenvalue weighted by molar-refractivity contribution is -0.156. The van der Waals surface area contributed by atoms with Crippen molar-refractivity contribution in [2.45, 2.75) is 79.4 Å². The number of aliphatic hydroxyl groups excluding tert-OH is 1. The van der Waals surface area contributed by atoms with E-state index in [1.54, 1.807) is 0 Å². The molecule has 1 aliphatic rings. The van der Waals surface area contributed by atoms with Crippen molar-refractivity contribution in [1.29, 1.82) is 0 Å². The molecule has 108 valence electrons. The van der Waals surface area contributed by atoms with Crippen molar-refractivity contribution >= 4 is 0 Å². The van der Waals surface area contributed by atoms with E-state index in [4.69, 9.17) is 4.74 Å². The molecule has 1 rings (SSSR count). The van der Waals surface area contributed by atoms with Crippen molar-refractivity contribution < 1.29 is 9.84 Å². The van der Waals surface area contributed by atoms with Gasteiger partial charge in [0.05, 0.1) is 18.8 Å². The van der Waals surface area contributed by atoms with Crippen molar-refractivity contribution in [3.8, 4) is 0 Å². The number of hydrogen-bond donors (Lipinski definition) is 1. The fraction of sp³-hybridized carbons (Fsp3) is 1.00. The Morgan fingerprint density at radius 2 is 1.89 bits per heavy atom. The van der Waals surface area contributed by atoms with Crippen LogP contribution in [0.5, 0.6) is 0 Å². The Balaban J connectivity index is 2.68. The molecule has 0 saturated heterocycles. The second-order valence-electron chi connectivity index (χ2n) is 7.41. The minimum Gasteiger partial charge on any atom is -0.391 e. The highest BCUT2D eigenvalue weighted by Crippen LogP contribution is 2.50. The van der Waals surface area contributed by atoms with Gasteiger partial charge in [-0.25, -0.2) is 0 Å². The Kier molecular flexibility index (Phi) is 5.25. The van der Waals surface area contributed by atoms with Crippen LogP contribution in [0.2, 0.25) is 0 Å². The fourth-order valence-electron chi connectivity index (χ4n) is 3.42. The SMILES string of the molecule is CCCC(O)COC1C(C)(C)CC[C@@H](C)C1(C)C. The molecule has 1 saturated carbocycles. The van der Waals surface area contributed by atoms with Gasteiger partial charge in [0, 0.05) is 0 Å². The summed E-state index contributed by atoms with van der Waals surface area (Å²) in [6.07, 6.45) is 4.27. The first-order valence-corrected chi connectivity index (χ1v) is 7.51. The van der Waals surface area contributed by atoms with Gasteiger partial charge in [0.25, 0.3) is 0 Å². The van der Waals surface area contributed by atoms with Gasteiger partial charge < -0.3 is 9.84 Å². The molecule has 1 fully saturated rings. The lowest BCUT2D eigenvalue weighted by Gasteiger charge is -2.52. The Labute approximate surface area is 113 Å². The van der Waals surface area contributed by atoms with Gasteiger partial charge in [-0.3, -0.25) is 0 Å². The van der Waals surface area contributed by atoms with E-state index in [1.807, 2.05) is 0 Å². The summed E-state index contributed by atoms with van der Waals surface area (Å²) in [5, 5.41) is 9.86. The highest BCUT2D eigenvalue weighted by atomic mass is 16.5. The number of aliphatic hydroxyl groups is 1.